The molecule has 4 nitrogen and oxygen atoms in total. The molecule has 0 bridgehead atoms. The Bertz CT molecular complexity index is 831. The maximum atomic E-state index is 13.1. The highest BCUT2D eigenvalue weighted by molar-refractivity contribution is 9.10. The summed E-state index contributed by atoms with van der Waals surface area (Å²) in [5.74, 6) is -0.329. The molecule has 2 aromatic rings. The lowest BCUT2D eigenvalue weighted by Gasteiger charge is -2.31. The average molecular weight is 466 g/mol. The van der Waals surface area contributed by atoms with Crippen LogP contribution in [0.2, 0.25) is 5.02 Å². The first-order valence-electron chi connectivity index (χ1n) is 9.16. The van der Waals surface area contributed by atoms with E-state index in [1.54, 1.807) is 17.9 Å². The second kappa shape index (κ2) is 9.57. The number of hydrogen-bond donors (Lipinski definition) is 1. The molecule has 0 fully saturated rings. The van der Waals surface area contributed by atoms with Crippen LogP contribution < -0.4 is 5.32 Å². The van der Waals surface area contributed by atoms with Gasteiger partial charge in [-0.3, -0.25) is 9.59 Å². The Labute approximate surface area is 180 Å². The van der Waals surface area contributed by atoms with Crippen LogP contribution in [0.1, 0.15) is 38.8 Å². The molecule has 2 amide bonds. The Morgan fingerprint density at radius 1 is 1.11 bits per heavy atom. The summed E-state index contributed by atoms with van der Waals surface area (Å²) in [6.07, 6.45) is 0.142. The molecule has 1 unspecified atom stereocenters. The molecule has 1 N–H and O–H groups in total. The zero-order chi connectivity index (χ0) is 20.9. The van der Waals surface area contributed by atoms with Crippen LogP contribution in [0.4, 0.5) is 0 Å². The van der Waals surface area contributed by atoms with Crippen LogP contribution in [0.3, 0.4) is 0 Å². The number of amides is 2. The van der Waals surface area contributed by atoms with E-state index in [-0.39, 0.29) is 23.8 Å². The van der Waals surface area contributed by atoms with E-state index in [2.05, 4.69) is 21.2 Å². The van der Waals surface area contributed by atoms with Crippen molar-refractivity contribution in [1.82, 2.24) is 10.2 Å². The maximum absolute atomic E-state index is 13.1. The van der Waals surface area contributed by atoms with Crippen LogP contribution in [0.15, 0.2) is 53.0 Å². The van der Waals surface area contributed by atoms with Crippen LogP contribution in [0.25, 0.3) is 0 Å². The molecule has 0 aromatic heterocycles. The van der Waals surface area contributed by atoms with Crippen molar-refractivity contribution < 1.29 is 9.59 Å². The Balaban J connectivity index is 2.26. The van der Waals surface area contributed by atoms with Gasteiger partial charge in [-0.15, -0.1) is 0 Å². The van der Waals surface area contributed by atoms with Gasteiger partial charge in [-0.25, -0.2) is 0 Å². The summed E-state index contributed by atoms with van der Waals surface area (Å²) in [6.45, 7) is 7.85. The van der Waals surface area contributed by atoms with Crippen molar-refractivity contribution in [3.8, 4) is 0 Å². The number of hydrogen-bond acceptors (Lipinski definition) is 2. The SMILES string of the molecule is CC(C(=O)NC(C)(C)C)N(Cc1ccc(Br)cc1)C(=O)Cc1ccccc1Cl. The van der Waals surface area contributed by atoms with E-state index in [0.29, 0.717) is 11.6 Å². The highest BCUT2D eigenvalue weighted by atomic mass is 79.9. The predicted molar refractivity (Wildman–Crippen MR) is 117 cm³/mol. The van der Waals surface area contributed by atoms with E-state index >= 15 is 0 Å². The van der Waals surface area contributed by atoms with Gasteiger partial charge >= 0.3 is 0 Å². The van der Waals surface area contributed by atoms with Gasteiger partial charge in [0.1, 0.15) is 6.04 Å². The van der Waals surface area contributed by atoms with Crippen molar-refractivity contribution in [3.63, 3.8) is 0 Å². The first-order valence-corrected chi connectivity index (χ1v) is 10.3. The van der Waals surface area contributed by atoms with Gasteiger partial charge in [0, 0.05) is 21.6 Å². The molecule has 28 heavy (non-hydrogen) atoms. The van der Waals surface area contributed by atoms with Gasteiger partial charge in [0.25, 0.3) is 0 Å². The lowest BCUT2D eigenvalue weighted by Crippen LogP contribution is -2.52. The molecule has 0 heterocycles. The molecular formula is C22H26BrClN2O2. The molecule has 0 aliphatic heterocycles. The number of carbonyl (C=O) groups is 2. The number of rotatable bonds is 6. The first kappa shape index (κ1) is 22.4. The van der Waals surface area contributed by atoms with Crippen LogP contribution in [-0.4, -0.2) is 28.3 Å². The van der Waals surface area contributed by atoms with Crippen LogP contribution in [-0.2, 0) is 22.6 Å². The number of carbonyl (C=O) groups excluding carboxylic acids is 2. The monoisotopic (exact) mass is 464 g/mol. The highest BCUT2D eigenvalue weighted by Gasteiger charge is 2.28. The maximum Gasteiger partial charge on any atom is 0.242 e. The molecule has 0 saturated heterocycles. The van der Waals surface area contributed by atoms with Gasteiger partial charge in [0.2, 0.25) is 11.8 Å². The number of benzene rings is 2. The third-order valence-corrected chi connectivity index (χ3v) is 5.13. The van der Waals surface area contributed by atoms with Crippen LogP contribution in [0, 0.1) is 0 Å². The Hall–Kier alpha value is -1.85. The van der Waals surface area contributed by atoms with Gasteiger partial charge in [-0.1, -0.05) is 57.9 Å². The molecule has 0 saturated carbocycles. The lowest BCUT2D eigenvalue weighted by molar-refractivity contribution is -0.140. The molecule has 150 valence electrons. The quantitative estimate of drug-likeness (QED) is 0.654. The van der Waals surface area contributed by atoms with E-state index in [0.717, 1.165) is 15.6 Å². The summed E-state index contributed by atoms with van der Waals surface area (Å²) in [5, 5.41) is 3.51. The van der Waals surface area contributed by atoms with Crippen molar-refractivity contribution in [3.05, 3.63) is 69.2 Å². The van der Waals surface area contributed by atoms with E-state index < -0.39 is 6.04 Å². The van der Waals surface area contributed by atoms with Crippen LogP contribution >= 0.6 is 27.5 Å². The fourth-order valence-corrected chi connectivity index (χ4v) is 3.22. The molecule has 0 radical (unpaired) electrons. The molecule has 2 rings (SSSR count). The minimum absolute atomic E-state index is 0.142. The second-order valence-electron chi connectivity index (χ2n) is 7.83. The zero-order valence-corrected chi connectivity index (χ0v) is 19.0. The molecule has 0 aliphatic rings. The largest absolute Gasteiger partial charge is 0.350 e. The standard InChI is InChI=1S/C22H26BrClN2O2/c1-15(21(28)25-22(2,3)4)26(14-16-9-11-18(23)12-10-16)20(27)13-17-7-5-6-8-19(17)24/h5-12,15H,13-14H2,1-4H3,(H,25,28). The number of halogens is 2. The highest BCUT2D eigenvalue weighted by Crippen LogP contribution is 2.19. The van der Waals surface area contributed by atoms with Gasteiger partial charge in [0.05, 0.1) is 6.42 Å². The molecule has 0 spiro atoms. The number of nitrogens with one attached hydrogen (secondary N) is 1. The predicted octanol–water partition coefficient (Wildman–Crippen LogP) is 4.98. The van der Waals surface area contributed by atoms with Gasteiger partial charge < -0.3 is 10.2 Å². The van der Waals surface area contributed by atoms with Gasteiger partial charge in [-0.2, -0.15) is 0 Å². The van der Waals surface area contributed by atoms with Crippen molar-refractivity contribution >= 4 is 39.3 Å². The summed E-state index contributed by atoms with van der Waals surface area (Å²) in [6, 6.07) is 14.4. The molecule has 6 heteroatoms. The lowest BCUT2D eigenvalue weighted by atomic mass is 10.1. The van der Waals surface area contributed by atoms with Crippen molar-refractivity contribution in [2.75, 3.05) is 0 Å². The minimum Gasteiger partial charge on any atom is -0.350 e. The third-order valence-electron chi connectivity index (χ3n) is 4.23. The van der Waals surface area contributed by atoms with Crippen LogP contribution in [0.5, 0.6) is 0 Å². The van der Waals surface area contributed by atoms with Gasteiger partial charge in [-0.05, 0) is 57.0 Å². The molecular weight excluding hydrogens is 440 g/mol. The van der Waals surface area contributed by atoms with Gasteiger partial charge in [0.15, 0.2) is 0 Å². The molecule has 1 atom stereocenters. The molecule has 2 aromatic carbocycles. The summed E-state index contributed by atoms with van der Waals surface area (Å²) in [7, 11) is 0. The Kier molecular flexibility index (Phi) is 7.67. The average Bonchev–Trinajstić information content (AvgIpc) is 2.61. The van der Waals surface area contributed by atoms with E-state index in [4.69, 9.17) is 11.6 Å². The molecule has 0 aliphatic carbocycles. The van der Waals surface area contributed by atoms with Crippen molar-refractivity contribution in [2.24, 2.45) is 0 Å². The second-order valence-corrected chi connectivity index (χ2v) is 9.15. The summed E-state index contributed by atoms with van der Waals surface area (Å²) >= 11 is 9.64. The fraction of sp³-hybridized carbons (Fsp3) is 0.364. The van der Waals surface area contributed by atoms with Crippen molar-refractivity contribution in [1.29, 1.82) is 0 Å². The summed E-state index contributed by atoms with van der Waals surface area (Å²) < 4.78 is 0.962. The number of nitrogens with zero attached hydrogens (tertiary/aromatic N) is 1. The Morgan fingerprint density at radius 3 is 2.29 bits per heavy atom. The van der Waals surface area contributed by atoms with E-state index in [9.17, 15) is 9.59 Å². The third kappa shape index (κ3) is 6.64. The minimum atomic E-state index is -0.613. The van der Waals surface area contributed by atoms with Crippen molar-refractivity contribution in [2.45, 2.75) is 52.2 Å². The normalized spacial score (nSPS) is 12.4. The van der Waals surface area contributed by atoms with E-state index in [1.165, 1.54) is 0 Å². The Morgan fingerprint density at radius 2 is 1.71 bits per heavy atom. The summed E-state index contributed by atoms with van der Waals surface area (Å²) in [5.41, 5.74) is 1.32. The topological polar surface area (TPSA) is 49.4 Å². The smallest absolute Gasteiger partial charge is 0.242 e. The van der Waals surface area contributed by atoms with E-state index in [1.807, 2.05) is 63.2 Å². The summed E-state index contributed by atoms with van der Waals surface area (Å²) in [4.78, 5) is 27.5. The zero-order valence-electron chi connectivity index (χ0n) is 16.6. The first-order chi connectivity index (χ1) is 13.1. The fourth-order valence-electron chi connectivity index (χ4n) is 2.75.